The summed E-state index contributed by atoms with van der Waals surface area (Å²) in [4.78, 5) is 14.8. The number of nitrogens with zero attached hydrogens (tertiary/aromatic N) is 2. The van der Waals surface area contributed by atoms with Crippen LogP contribution in [0.1, 0.15) is 21.7 Å². The summed E-state index contributed by atoms with van der Waals surface area (Å²) in [5.74, 6) is 0. The Labute approximate surface area is 131 Å². The van der Waals surface area contributed by atoms with Crippen LogP contribution in [-0.2, 0) is 0 Å². The van der Waals surface area contributed by atoms with Crippen LogP contribution in [0.4, 0.5) is 5.69 Å². The van der Waals surface area contributed by atoms with Gasteiger partial charge in [0.25, 0.3) is 5.69 Å². The average Bonchev–Trinajstić information content (AvgIpc) is 2.88. The summed E-state index contributed by atoms with van der Waals surface area (Å²) in [5, 5.41) is 11.6. The van der Waals surface area contributed by atoms with Gasteiger partial charge in [-0.3, -0.25) is 10.1 Å². The topological polar surface area (TPSA) is 56.0 Å². The van der Waals surface area contributed by atoms with Crippen LogP contribution in [0, 0.1) is 24.0 Å². The smallest absolute Gasteiger partial charge is 0.258 e. The lowest BCUT2D eigenvalue weighted by atomic mass is 10.1. The van der Waals surface area contributed by atoms with Crippen LogP contribution in [0.2, 0.25) is 0 Å². The van der Waals surface area contributed by atoms with Crippen molar-refractivity contribution in [2.24, 2.45) is 0 Å². The monoisotopic (exact) mass is 310 g/mol. The van der Waals surface area contributed by atoms with Crippen LogP contribution in [0.25, 0.3) is 22.4 Å². The van der Waals surface area contributed by atoms with E-state index in [1.807, 2.05) is 12.2 Å². The van der Waals surface area contributed by atoms with Gasteiger partial charge in [0.2, 0.25) is 0 Å². The molecule has 0 radical (unpaired) electrons. The number of nitro benzene ring substituents is 1. The highest BCUT2D eigenvalue weighted by Gasteiger charge is 2.05. The molecule has 0 bridgehead atoms. The van der Waals surface area contributed by atoms with Gasteiger partial charge in [0.15, 0.2) is 0 Å². The van der Waals surface area contributed by atoms with Crippen molar-refractivity contribution in [3.8, 4) is 0 Å². The molecule has 110 valence electrons. The third kappa shape index (κ3) is 2.89. The summed E-state index contributed by atoms with van der Waals surface area (Å²) in [6, 6.07) is 10.7. The molecule has 0 saturated carbocycles. The molecule has 3 aromatic rings. The van der Waals surface area contributed by atoms with E-state index in [2.05, 4.69) is 31.0 Å². The molecule has 0 atom stereocenters. The van der Waals surface area contributed by atoms with E-state index in [-0.39, 0.29) is 5.69 Å². The van der Waals surface area contributed by atoms with Crippen LogP contribution in [-0.4, -0.2) is 9.91 Å². The van der Waals surface area contributed by atoms with Gasteiger partial charge in [0.1, 0.15) is 5.01 Å². The number of aryl methyl sites for hydroxylation is 2. The third-order valence-electron chi connectivity index (χ3n) is 3.54. The summed E-state index contributed by atoms with van der Waals surface area (Å²) < 4.78 is 1.17. The van der Waals surface area contributed by atoms with Gasteiger partial charge in [-0.2, -0.15) is 0 Å². The number of hydrogen-bond acceptors (Lipinski definition) is 4. The minimum atomic E-state index is -0.397. The second kappa shape index (κ2) is 5.69. The molecule has 0 unspecified atom stereocenters. The second-order valence-electron chi connectivity index (χ2n) is 5.14. The number of hydrogen-bond donors (Lipinski definition) is 0. The molecule has 22 heavy (non-hydrogen) atoms. The molecule has 1 heterocycles. The van der Waals surface area contributed by atoms with Gasteiger partial charge in [-0.05, 0) is 60.9 Å². The number of benzene rings is 2. The Morgan fingerprint density at radius 1 is 1.09 bits per heavy atom. The molecule has 4 nitrogen and oxygen atoms in total. The van der Waals surface area contributed by atoms with Crippen molar-refractivity contribution in [2.45, 2.75) is 13.8 Å². The molecular formula is C17H14N2O2S. The van der Waals surface area contributed by atoms with Gasteiger partial charge >= 0.3 is 0 Å². The summed E-state index contributed by atoms with van der Waals surface area (Å²) >= 11 is 1.64. The van der Waals surface area contributed by atoms with E-state index >= 15 is 0 Å². The fourth-order valence-electron chi connectivity index (χ4n) is 2.14. The maximum atomic E-state index is 10.6. The minimum absolute atomic E-state index is 0.100. The lowest BCUT2D eigenvalue weighted by molar-refractivity contribution is -0.384. The highest BCUT2D eigenvalue weighted by Crippen LogP contribution is 2.26. The SMILES string of the molecule is Cc1cc2nc(/C=C/c3ccc([N+](=O)[O-])cc3)sc2cc1C. The first kappa shape index (κ1) is 14.4. The Morgan fingerprint density at radius 3 is 2.45 bits per heavy atom. The number of thiazole rings is 1. The van der Waals surface area contributed by atoms with Crippen molar-refractivity contribution in [1.82, 2.24) is 4.98 Å². The third-order valence-corrected chi connectivity index (χ3v) is 4.53. The van der Waals surface area contributed by atoms with Crippen molar-refractivity contribution in [3.05, 3.63) is 68.2 Å². The molecule has 0 aliphatic heterocycles. The molecule has 1 aromatic heterocycles. The van der Waals surface area contributed by atoms with Crippen molar-refractivity contribution in [1.29, 1.82) is 0 Å². The summed E-state index contributed by atoms with van der Waals surface area (Å²) in [6.45, 7) is 4.18. The van der Waals surface area contributed by atoms with Gasteiger partial charge < -0.3 is 0 Å². The number of fused-ring (bicyclic) bond motifs is 1. The molecule has 0 saturated heterocycles. The van der Waals surface area contributed by atoms with Gasteiger partial charge in [-0.1, -0.05) is 6.08 Å². The molecule has 0 N–H and O–H groups in total. The van der Waals surface area contributed by atoms with Crippen molar-refractivity contribution >= 4 is 39.4 Å². The van der Waals surface area contributed by atoms with Gasteiger partial charge in [-0.15, -0.1) is 11.3 Å². The van der Waals surface area contributed by atoms with Crippen LogP contribution >= 0.6 is 11.3 Å². The maximum Gasteiger partial charge on any atom is 0.269 e. The summed E-state index contributed by atoms with van der Waals surface area (Å²) in [7, 11) is 0. The van der Waals surface area contributed by atoms with E-state index in [0.29, 0.717) is 0 Å². The average molecular weight is 310 g/mol. The number of nitro groups is 1. The van der Waals surface area contributed by atoms with Gasteiger partial charge in [0.05, 0.1) is 15.1 Å². The number of aromatic nitrogens is 1. The Morgan fingerprint density at radius 2 is 1.77 bits per heavy atom. The van der Waals surface area contributed by atoms with Gasteiger partial charge in [-0.25, -0.2) is 4.98 Å². The predicted octanol–water partition coefficient (Wildman–Crippen LogP) is 4.99. The fourth-order valence-corrected chi connectivity index (χ4v) is 3.09. The first-order valence-corrected chi connectivity index (χ1v) is 7.65. The Kier molecular flexibility index (Phi) is 3.73. The predicted molar refractivity (Wildman–Crippen MR) is 91.1 cm³/mol. The van der Waals surface area contributed by atoms with Crippen LogP contribution in [0.5, 0.6) is 0 Å². The zero-order valence-electron chi connectivity index (χ0n) is 12.2. The van der Waals surface area contributed by atoms with Crippen LogP contribution in [0.3, 0.4) is 0 Å². The van der Waals surface area contributed by atoms with E-state index in [9.17, 15) is 10.1 Å². The lowest BCUT2D eigenvalue weighted by Gasteiger charge is -1.96. The Bertz CT molecular complexity index is 841. The van der Waals surface area contributed by atoms with E-state index in [0.717, 1.165) is 16.1 Å². The maximum absolute atomic E-state index is 10.6. The molecule has 5 heteroatoms. The Hall–Kier alpha value is -2.53. The molecule has 0 fully saturated rings. The molecule has 0 amide bonds. The first-order valence-electron chi connectivity index (χ1n) is 6.83. The normalized spacial score (nSPS) is 11.4. The van der Waals surface area contributed by atoms with Crippen LogP contribution < -0.4 is 0 Å². The molecule has 0 aliphatic carbocycles. The van der Waals surface area contributed by atoms with E-state index < -0.39 is 4.92 Å². The van der Waals surface area contributed by atoms with E-state index in [4.69, 9.17) is 0 Å². The highest BCUT2D eigenvalue weighted by molar-refractivity contribution is 7.19. The summed E-state index contributed by atoms with van der Waals surface area (Å²) in [5.41, 5.74) is 4.53. The zero-order chi connectivity index (χ0) is 15.7. The van der Waals surface area contributed by atoms with Gasteiger partial charge in [0, 0.05) is 12.1 Å². The Balaban J connectivity index is 1.87. The summed E-state index contributed by atoms with van der Waals surface area (Å²) in [6.07, 6.45) is 3.86. The van der Waals surface area contributed by atoms with E-state index in [1.54, 1.807) is 23.5 Å². The lowest BCUT2D eigenvalue weighted by Crippen LogP contribution is -1.86. The van der Waals surface area contributed by atoms with Crippen molar-refractivity contribution < 1.29 is 4.92 Å². The molecule has 3 rings (SSSR count). The zero-order valence-corrected chi connectivity index (χ0v) is 13.1. The minimum Gasteiger partial charge on any atom is -0.258 e. The largest absolute Gasteiger partial charge is 0.269 e. The quantitative estimate of drug-likeness (QED) is 0.505. The van der Waals surface area contributed by atoms with E-state index in [1.165, 1.54) is 28.0 Å². The fraction of sp³-hybridized carbons (Fsp3) is 0.118. The first-order chi connectivity index (χ1) is 10.5. The van der Waals surface area contributed by atoms with Crippen molar-refractivity contribution in [2.75, 3.05) is 0 Å². The van der Waals surface area contributed by atoms with Crippen molar-refractivity contribution in [3.63, 3.8) is 0 Å². The molecular weight excluding hydrogens is 296 g/mol. The highest BCUT2D eigenvalue weighted by atomic mass is 32.1. The van der Waals surface area contributed by atoms with Crippen LogP contribution in [0.15, 0.2) is 36.4 Å². The standard InChI is InChI=1S/C17H14N2O2S/c1-11-9-15-16(10-12(11)2)22-17(18-15)8-5-13-3-6-14(7-4-13)19(20)21/h3-10H,1-2H3/b8-5+. The number of rotatable bonds is 3. The molecule has 0 spiro atoms. The molecule has 2 aromatic carbocycles. The second-order valence-corrected chi connectivity index (χ2v) is 6.20. The molecule has 0 aliphatic rings. The number of non-ortho nitro benzene ring substituents is 1.